The minimum Gasteiger partial charge on any atom is -0.467 e. The summed E-state index contributed by atoms with van der Waals surface area (Å²) < 4.78 is 5.20. The van der Waals surface area contributed by atoms with Crippen LogP contribution in [0.3, 0.4) is 0 Å². The van der Waals surface area contributed by atoms with Gasteiger partial charge in [0.2, 0.25) is 0 Å². The van der Waals surface area contributed by atoms with E-state index in [0.717, 1.165) is 24.8 Å². The number of hydrogen-bond acceptors (Lipinski definition) is 4. The van der Waals surface area contributed by atoms with E-state index in [2.05, 4.69) is 15.6 Å². The lowest BCUT2D eigenvalue weighted by molar-refractivity contribution is 0.0263. The van der Waals surface area contributed by atoms with Crippen LogP contribution >= 0.6 is 0 Å². The second kappa shape index (κ2) is 7.28. The van der Waals surface area contributed by atoms with Gasteiger partial charge in [0.1, 0.15) is 5.76 Å². The maximum Gasteiger partial charge on any atom is 0.315 e. The van der Waals surface area contributed by atoms with Crippen LogP contribution in [-0.4, -0.2) is 28.3 Å². The third-order valence-electron chi connectivity index (χ3n) is 4.24. The number of hydrogen-bond donors (Lipinski definition) is 3. The normalized spacial score (nSPS) is 21.3. The van der Waals surface area contributed by atoms with Gasteiger partial charge in [-0.1, -0.05) is 0 Å². The molecule has 0 aromatic carbocycles. The quantitative estimate of drug-likeness (QED) is 0.759. The fraction of sp³-hybridized carbons (Fsp3) is 0.412. The van der Waals surface area contributed by atoms with Gasteiger partial charge in [-0.05, 0) is 55.0 Å². The summed E-state index contributed by atoms with van der Waals surface area (Å²) in [5.74, 6) is 1.01. The zero-order valence-electron chi connectivity index (χ0n) is 12.8. The number of carbonyl (C=O) groups is 1. The molecule has 2 aromatic rings. The van der Waals surface area contributed by atoms with Gasteiger partial charge in [0.25, 0.3) is 0 Å². The van der Waals surface area contributed by atoms with Crippen molar-refractivity contribution in [3.63, 3.8) is 0 Å². The van der Waals surface area contributed by atoms with Crippen molar-refractivity contribution in [2.24, 2.45) is 5.92 Å². The Balaban J connectivity index is 1.55. The molecule has 6 heteroatoms. The molecule has 1 fully saturated rings. The van der Waals surface area contributed by atoms with Crippen LogP contribution in [0, 0.1) is 5.92 Å². The highest BCUT2D eigenvalue weighted by molar-refractivity contribution is 5.74. The summed E-state index contributed by atoms with van der Waals surface area (Å²) in [7, 11) is 0. The topological polar surface area (TPSA) is 87.4 Å². The van der Waals surface area contributed by atoms with E-state index in [4.69, 9.17) is 4.42 Å². The second-order valence-corrected chi connectivity index (χ2v) is 5.96. The highest BCUT2D eigenvalue weighted by atomic mass is 16.3. The Morgan fingerprint density at radius 3 is 2.78 bits per heavy atom. The van der Waals surface area contributed by atoms with Crippen LogP contribution in [0.4, 0.5) is 4.79 Å². The van der Waals surface area contributed by atoms with E-state index in [1.165, 1.54) is 0 Å². The fourth-order valence-electron chi connectivity index (χ4n) is 2.87. The summed E-state index contributed by atoms with van der Waals surface area (Å²) >= 11 is 0. The molecule has 3 N–H and O–H groups in total. The number of aromatic nitrogens is 1. The molecule has 1 atom stereocenters. The number of furan rings is 1. The first-order valence-corrected chi connectivity index (χ1v) is 7.84. The van der Waals surface area contributed by atoms with E-state index >= 15 is 0 Å². The largest absolute Gasteiger partial charge is 0.467 e. The zero-order valence-corrected chi connectivity index (χ0v) is 12.8. The third-order valence-corrected chi connectivity index (χ3v) is 4.24. The average Bonchev–Trinajstić information content (AvgIpc) is 3.04. The molecule has 0 radical (unpaired) electrons. The summed E-state index contributed by atoms with van der Waals surface area (Å²) in [6.45, 7) is 0.355. The number of pyridine rings is 1. The summed E-state index contributed by atoms with van der Waals surface area (Å²) in [5.41, 5.74) is 1.12. The van der Waals surface area contributed by atoms with Gasteiger partial charge in [-0.25, -0.2) is 4.79 Å². The van der Waals surface area contributed by atoms with Crippen molar-refractivity contribution < 1.29 is 14.3 Å². The number of nitrogens with zero attached hydrogens (tertiary/aromatic N) is 1. The van der Waals surface area contributed by atoms with Gasteiger partial charge in [-0.2, -0.15) is 0 Å². The lowest BCUT2D eigenvalue weighted by atomic mass is 9.75. The maximum atomic E-state index is 12.1. The Kier molecular flexibility index (Phi) is 4.92. The molecule has 0 spiro atoms. The first-order valence-electron chi connectivity index (χ1n) is 7.84. The van der Waals surface area contributed by atoms with E-state index in [1.807, 2.05) is 18.2 Å². The van der Waals surface area contributed by atoms with Crippen molar-refractivity contribution in [1.82, 2.24) is 15.6 Å². The highest BCUT2D eigenvalue weighted by Gasteiger charge is 2.34. The van der Waals surface area contributed by atoms with Crippen molar-refractivity contribution in [3.8, 4) is 0 Å². The van der Waals surface area contributed by atoms with Gasteiger partial charge in [-0.3, -0.25) is 4.98 Å². The molecule has 122 valence electrons. The van der Waals surface area contributed by atoms with Crippen LogP contribution in [0.25, 0.3) is 0 Å². The molecule has 1 aliphatic carbocycles. The minimum absolute atomic E-state index is 0.00241. The SMILES string of the molecule is O=C(NCc1ccco1)N[C@@H](Cc1ccncc1)C1CC(O)C1. The lowest BCUT2D eigenvalue weighted by Crippen LogP contribution is -2.50. The van der Waals surface area contributed by atoms with E-state index in [1.54, 1.807) is 24.7 Å². The van der Waals surface area contributed by atoms with Crippen molar-refractivity contribution in [2.75, 3.05) is 0 Å². The number of urea groups is 1. The molecule has 0 aliphatic heterocycles. The van der Waals surface area contributed by atoms with Gasteiger partial charge in [0, 0.05) is 18.4 Å². The van der Waals surface area contributed by atoms with Crippen LogP contribution in [0.1, 0.15) is 24.2 Å². The van der Waals surface area contributed by atoms with Crippen LogP contribution in [0.15, 0.2) is 47.3 Å². The van der Waals surface area contributed by atoms with Crippen LogP contribution in [0.5, 0.6) is 0 Å². The minimum atomic E-state index is -0.243. The molecule has 3 rings (SSSR count). The summed E-state index contributed by atoms with van der Waals surface area (Å²) in [5, 5.41) is 15.4. The molecule has 2 aromatic heterocycles. The van der Waals surface area contributed by atoms with Gasteiger partial charge in [-0.15, -0.1) is 0 Å². The van der Waals surface area contributed by atoms with Crippen LogP contribution < -0.4 is 10.6 Å². The fourth-order valence-corrected chi connectivity index (χ4v) is 2.87. The van der Waals surface area contributed by atoms with E-state index in [9.17, 15) is 9.90 Å². The molecule has 0 bridgehead atoms. The highest BCUT2D eigenvalue weighted by Crippen LogP contribution is 2.31. The smallest absolute Gasteiger partial charge is 0.315 e. The van der Waals surface area contributed by atoms with Crippen molar-refractivity contribution in [3.05, 3.63) is 54.2 Å². The maximum absolute atomic E-state index is 12.1. The van der Waals surface area contributed by atoms with E-state index in [-0.39, 0.29) is 18.2 Å². The number of carbonyl (C=O) groups excluding carboxylic acids is 1. The molecule has 6 nitrogen and oxygen atoms in total. The van der Waals surface area contributed by atoms with Gasteiger partial charge < -0.3 is 20.2 Å². The van der Waals surface area contributed by atoms with Gasteiger partial charge in [0.05, 0.1) is 18.9 Å². The number of aliphatic hydroxyl groups excluding tert-OH is 1. The number of nitrogens with one attached hydrogen (secondary N) is 2. The Morgan fingerprint density at radius 1 is 1.35 bits per heavy atom. The number of rotatable bonds is 6. The Labute approximate surface area is 134 Å². The Bertz CT molecular complexity index is 609. The van der Waals surface area contributed by atoms with Crippen LogP contribution in [-0.2, 0) is 13.0 Å². The molecular formula is C17H21N3O3. The summed E-state index contributed by atoms with van der Waals surface area (Å²) in [6, 6.07) is 7.28. The average molecular weight is 315 g/mol. The second-order valence-electron chi connectivity index (χ2n) is 5.96. The molecule has 0 unspecified atom stereocenters. The third kappa shape index (κ3) is 4.32. The van der Waals surface area contributed by atoms with Crippen molar-refractivity contribution in [2.45, 2.75) is 38.0 Å². The summed E-state index contributed by atoms with van der Waals surface area (Å²) in [6.07, 6.45) is 7.03. The first kappa shape index (κ1) is 15.6. The first-order chi connectivity index (χ1) is 11.2. The molecule has 2 amide bonds. The standard InChI is InChI=1S/C17H21N3O3/c21-14-9-13(10-14)16(8-12-3-5-18-6-4-12)20-17(22)19-11-15-2-1-7-23-15/h1-7,13-14,16,21H,8-11H2,(H2,19,20,22)/t13?,14?,16-/m0/s1. The summed E-state index contributed by atoms with van der Waals surface area (Å²) in [4.78, 5) is 16.1. The molecule has 2 heterocycles. The van der Waals surface area contributed by atoms with E-state index in [0.29, 0.717) is 18.2 Å². The van der Waals surface area contributed by atoms with E-state index < -0.39 is 0 Å². The Hall–Kier alpha value is -2.34. The molecule has 23 heavy (non-hydrogen) atoms. The number of amides is 2. The lowest BCUT2D eigenvalue weighted by Gasteiger charge is -2.38. The predicted molar refractivity (Wildman–Crippen MR) is 84.5 cm³/mol. The van der Waals surface area contributed by atoms with Gasteiger partial charge >= 0.3 is 6.03 Å². The van der Waals surface area contributed by atoms with Crippen LogP contribution in [0.2, 0.25) is 0 Å². The molecule has 1 aliphatic rings. The molecule has 0 saturated heterocycles. The predicted octanol–water partition coefficient (Wildman–Crippen LogP) is 1.86. The van der Waals surface area contributed by atoms with Crippen molar-refractivity contribution >= 4 is 6.03 Å². The van der Waals surface area contributed by atoms with Gasteiger partial charge in [0.15, 0.2) is 0 Å². The molecule has 1 saturated carbocycles. The molecular weight excluding hydrogens is 294 g/mol. The number of aliphatic hydroxyl groups is 1. The van der Waals surface area contributed by atoms with Crippen molar-refractivity contribution in [1.29, 1.82) is 0 Å². The Morgan fingerprint density at radius 2 is 2.13 bits per heavy atom. The monoisotopic (exact) mass is 315 g/mol. The zero-order chi connectivity index (χ0) is 16.1.